The highest BCUT2D eigenvalue weighted by Crippen LogP contribution is 2.40. The number of urea groups is 1. The number of alkyl halides is 3. The van der Waals surface area contributed by atoms with Crippen LogP contribution in [0.2, 0.25) is 0 Å². The van der Waals surface area contributed by atoms with Crippen molar-refractivity contribution in [3.05, 3.63) is 54.0 Å². The number of amides is 2. The molecule has 154 valence electrons. The normalized spacial score (nSPS) is 23.7. The molecule has 1 aliphatic heterocycles. The summed E-state index contributed by atoms with van der Waals surface area (Å²) < 4.78 is 51.8. The van der Waals surface area contributed by atoms with Crippen LogP contribution in [0.25, 0.3) is 0 Å². The van der Waals surface area contributed by atoms with Gasteiger partial charge in [-0.05, 0) is 55.2 Å². The van der Waals surface area contributed by atoms with Gasteiger partial charge in [-0.2, -0.15) is 13.2 Å². The van der Waals surface area contributed by atoms with Gasteiger partial charge in [0.15, 0.2) is 0 Å². The molecule has 9 heteroatoms. The Kier molecular flexibility index (Phi) is 5.06. The smallest absolute Gasteiger partial charge is 0.356 e. The maximum absolute atomic E-state index is 13.0. The van der Waals surface area contributed by atoms with E-state index in [1.165, 1.54) is 30.3 Å². The maximum atomic E-state index is 13.0. The van der Waals surface area contributed by atoms with Crippen molar-refractivity contribution in [3.63, 3.8) is 0 Å². The molecule has 2 aliphatic rings. The third-order valence-corrected chi connectivity index (χ3v) is 5.62. The fraction of sp³-hybridized carbons (Fsp3) is 0.400. The van der Waals surface area contributed by atoms with Crippen molar-refractivity contribution in [1.29, 1.82) is 0 Å². The highest BCUT2D eigenvalue weighted by Gasteiger charge is 2.44. The van der Waals surface area contributed by atoms with Crippen LogP contribution in [0.3, 0.4) is 0 Å². The Hall–Kier alpha value is -2.84. The van der Waals surface area contributed by atoms with Gasteiger partial charge in [-0.25, -0.2) is 14.2 Å². The summed E-state index contributed by atoms with van der Waals surface area (Å²) in [5.74, 6) is 0.361. The first-order valence-corrected chi connectivity index (χ1v) is 9.42. The van der Waals surface area contributed by atoms with Crippen LogP contribution in [0.15, 0.2) is 42.5 Å². The molecule has 0 spiro atoms. The minimum atomic E-state index is -4.48. The molecule has 2 N–H and O–H groups in total. The first-order chi connectivity index (χ1) is 13.8. The van der Waals surface area contributed by atoms with Crippen molar-refractivity contribution in [2.24, 2.45) is 11.8 Å². The molecule has 0 unspecified atom stereocenters. The van der Waals surface area contributed by atoms with Crippen molar-refractivity contribution >= 4 is 17.5 Å². The molecule has 29 heavy (non-hydrogen) atoms. The first kappa shape index (κ1) is 19.5. The first-order valence-electron chi connectivity index (χ1n) is 9.42. The largest absolute Gasteiger partial charge is 0.433 e. The summed E-state index contributed by atoms with van der Waals surface area (Å²) in [7, 11) is 0. The van der Waals surface area contributed by atoms with E-state index in [4.69, 9.17) is 0 Å². The van der Waals surface area contributed by atoms with Crippen molar-refractivity contribution in [3.8, 4) is 0 Å². The van der Waals surface area contributed by atoms with E-state index in [1.807, 2.05) is 4.90 Å². The Morgan fingerprint density at radius 1 is 1.07 bits per heavy atom. The van der Waals surface area contributed by atoms with Gasteiger partial charge in [0.2, 0.25) is 0 Å². The van der Waals surface area contributed by atoms with Gasteiger partial charge < -0.3 is 15.5 Å². The standard InChI is InChI=1S/C20H20F4N4O/c21-13-5-7-14(8-6-13)25-19(29)26-16-9-4-12-10-28(11-15(12)16)18-3-1-2-17(27-18)20(22,23)24/h1-3,5-8,12,15-16H,4,9-11H2,(H2,25,26,29)/t12-,15+,16+/m1/s1. The van der Waals surface area contributed by atoms with Crippen LogP contribution in [0.5, 0.6) is 0 Å². The highest BCUT2D eigenvalue weighted by atomic mass is 19.4. The molecule has 1 aromatic heterocycles. The Morgan fingerprint density at radius 3 is 2.55 bits per heavy atom. The number of halogens is 4. The topological polar surface area (TPSA) is 57.3 Å². The van der Waals surface area contributed by atoms with Crippen molar-refractivity contribution < 1.29 is 22.4 Å². The van der Waals surface area contributed by atoms with E-state index < -0.39 is 11.9 Å². The zero-order valence-corrected chi connectivity index (χ0v) is 15.4. The van der Waals surface area contributed by atoms with Gasteiger partial charge >= 0.3 is 12.2 Å². The van der Waals surface area contributed by atoms with Gasteiger partial charge in [0, 0.05) is 30.7 Å². The van der Waals surface area contributed by atoms with Crippen LogP contribution in [0.4, 0.5) is 33.9 Å². The second-order valence-electron chi connectivity index (χ2n) is 7.50. The average Bonchev–Trinajstić information content (AvgIpc) is 3.25. The lowest BCUT2D eigenvalue weighted by atomic mass is 9.98. The van der Waals surface area contributed by atoms with Crippen LogP contribution in [-0.4, -0.2) is 30.1 Å². The molecule has 3 atom stereocenters. The van der Waals surface area contributed by atoms with E-state index in [9.17, 15) is 22.4 Å². The molecule has 2 aromatic rings. The third-order valence-electron chi connectivity index (χ3n) is 5.62. The lowest BCUT2D eigenvalue weighted by Gasteiger charge is -2.23. The molecule has 0 radical (unpaired) electrons. The molecular weight excluding hydrogens is 388 g/mol. The lowest BCUT2D eigenvalue weighted by molar-refractivity contribution is -0.141. The zero-order chi connectivity index (χ0) is 20.6. The molecule has 0 bridgehead atoms. The summed E-state index contributed by atoms with van der Waals surface area (Å²) in [6.45, 7) is 1.16. The molecule has 4 rings (SSSR count). The van der Waals surface area contributed by atoms with Crippen LogP contribution in [0, 0.1) is 17.7 Å². The SMILES string of the molecule is O=C(Nc1ccc(F)cc1)N[C@H]1CC[C@@H]2CN(c3cccc(C(F)(F)F)n3)C[C@@H]21. The van der Waals surface area contributed by atoms with Gasteiger partial charge in [0.1, 0.15) is 17.3 Å². The van der Waals surface area contributed by atoms with Crippen molar-refractivity contribution in [1.82, 2.24) is 10.3 Å². The minimum Gasteiger partial charge on any atom is -0.356 e. The Balaban J connectivity index is 1.38. The summed E-state index contributed by atoms with van der Waals surface area (Å²) >= 11 is 0. The zero-order valence-electron chi connectivity index (χ0n) is 15.4. The van der Waals surface area contributed by atoms with E-state index in [1.54, 1.807) is 6.07 Å². The molecule has 2 heterocycles. The van der Waals surface area contributed by atoms with E-state index in [0.29, 0.717) is 30.5 Å². The highest BCUT2D eigenvalue weighted by molar-refractivity contribution is 5.89. The maximum Gasteiger partial charge on any atom is 0.433 e. The monoisotopic (exact) mass is 408 g/mol. The molecular formula is C20H20F4N4O. The number of hydrogen-bond donors (Lipinski definition) is 2. The molecule has 2 amide bonds. The number of nitrogens with zero attached hydrogens (tertiary/aromatic N) is 2. The number of anilines is 2. The number of benzene rings is 1. The minimum absolute atomic E-state index is 0.0729. The van der Waals surface area contributed by atoms with Crippen LogP contribution < -0.4 is 15.5 Å². The summed E-state index contributed by atoms with van der Waals surface area (Å²) in [6, 6.07) is 8.94. The Morgan fingerprint density at radius 2 is 1.83 bits per heavy atom. The van der Waals surface area contributed by atoms with Gasteiger partial charge in [0.25, 0.3) is 0 Å². The fourth-order valence-electron chi connectivity index (χ4n) is 4.26. The Labute approximate surface area is 165 Å². The molecule has 1 saturated heterocycles. The second-order valence-corrected chi connectivity index (χ2v) is 7.50. The summed E-state index contributed by atoms with van der Waals surface area (Å²) in [5, 5.41) is 5.63. The van der Waals surface area contributed by atoms with E-state index in [0.717, 1.165) is 18.9 Å². The number of rotatable bonds is 3. The van der Waals surface area contributed by atoms with Crippen molar-refractivity contribution in [2.75, 3.05) is 23.3 Å². The Bertz CT molecular complexity index is 887. The second kappa shape index (κ2) is 7.53. The fourth-order valence-corrected chi connectivity index (χ4v) is 4.26. The number of carbonyl (C=O) groups is 1. The number of nitrogens with one attached hydrogen (secondary N) is 2. The van der Waals surface area contributed by atoms with E-state index in [-0.39, 0.29) is 23.8 Å². The summed E-state index contributed by atoms with van der Waals surface area (Å²) in [4.78, 5) is 17.9. The molecule has 1 saturated carbocycles. The van der Waals surface area contributed by atoms with Gasteiger partial charge in [-0.3, -0.25) is 0 Å². The van der Waals surface area contributed by atoms with Gasteiger partial charge in [-0.1, -0.05) is 6.07 Å². The van der Waals surface area contributed by atoms with Crippen molar-refractivity contribution in [2.45, 2.75) is 25.1 Å². The quantitative estimate of drug-likeness (QED) is 0.746. The van der Waals surface area contributed by atoms with Crippen LogP contribution >= 0.6 is 0 Å². The summed E-state index contributed by atoms with van der Waals surface area (Å²) in [6.07, 6.45) is -2.77. The number of fused-ring (bicyclic) bond motifs is 1. The third kappa shape index (κ3) is 4.28. The molecule has 1 aromatic carbocycles. The summed E-state index contributed by atoms with van der Waals surface area (Å²) in [5.41, 5.74) is -0.417. The van der Waals surface area contributed by atoms with E-state index >= 15 is 0 Å². The molecule has 2 fully saturated rings. The lowest BCUT2D eigenvalue weighted by Crippen LogP contribution is -2.42. The predicted octanol–water partition coefficient (Wildman–Crippen LogP) is 4.28. The van der Waals surface area contributed by atoms with Crippen LogP contribution in [-0.2, 0) is 6.18 Å². The predicted molar refractivity (Wildman–Crippen MR) is 100 cm³/mol. The number of aromatic nitrogens is 1. The molecule has 1 aliphatic carbocycles. The van der Waals surface area contributed by atoms with Gasteiger partial charge in [-0.15, -0.1) is 0 Å². The molecule has 5 nitrogen and oxygen atoms in total. The number of hydrogen-bond acceptors (Lipinski definition) is 3. The number of carbonyl (C=O) groups excluding carboxylic acids is 1. The average molecular weight is 408 g/mol. The van der Waals surface area contributed by atoms with Crippen LogP contribution in [0.1, 0.15) is 18.5 Å². The van der Waals surface area contributed by atoms with E-state index in [2.05, 4.69) is 15.6 Å². The van der Waals surface area contributed by atoms with Gasteiger partial charge in [0.05, 0.1) is 0 Å². The number of pyridine rings is 1.